The van der Waals surface area contributed by atoms with Crippen LogP contribution in [0.5, 0.6) is 0 Å². The molecular formula is C11H24N2O. The Morgan fingerprint density at radius 2 is 1.93 bits per heavy atom. The summed E-state index contributed by atoms with van der Waals surface area (Å²) in [5.41, 5.74) is 0. The number of carbonyl (C=O) groups excluding carboxylic acids is 1. The lowest BCUT2D eigenvalue weighted by atomic mass is 10.0. The van der Waals surface area contributed by atoms with Crippen LogP contribution in [0.1, 0.15) is 34.1 Å². The van der Waals surface area contributed by atoms with Gasteiger partial charge in [0.05, 0.1) is 6.54 Å². The first-order valence-corrected chi connectivity index (χ1v) is 5.45. The largest absolute Gasteiger partial charge is 0.342 e. The summed E-state index contributed by atoms with van der Waals surface area (Å²) in [6.07, 6.45) is 1.06. The molecule has 0 aliphatic heterocycles. The van der Waals surface area contributed by atoms with E-state index < -0.39 is 0 Å². The van der Waals surface area contributed by atoms with Gasteiger partial charge in [-0.05, 0) is 25.8 Å². The van der Waals surface area contributed by atoms with Crippen molar-refractivity contribution in [2.75, 3.05) is 20.1 Å². The lowest BCUT2D eigenvalue weighted by Crippen LogP contribution is -2.41. The molecule has 0 aliphatic rings. The van der Waals surface area contributed by atoms with E-state index in [0.717, 1.165) is 13.0 Å². The Morgan fingerprint density at radius 1 is 1.36 bits per heavy atom. The minimum absolute atomic E-state index is 0.181. The average Bonchev–Trinajstić information content (AvgIpc) is 2.11. The molecule has 3 nitrogen and oxygen atoms in total. The maximum Gasteiger partial charge on any atom is 0.236 e. The summed E-state index contributed by atoms with van der Waals surface area (Å²) >= 11 is 0. The lowest BCUT2D eigenvalue weighted by molar-refractivity contribution is -0.130. The molecule has 1 N–H and O–H groups in total. The van der Waals surface area contributed by atoms with Crippen molar-refractivity contribution >= 4 is 5.91 Å². The molecule has 1 amide bonds. The van der Waals surface area contributed by atoms with Crippen LogP contribution in [-0.2, 0) is 4.79 Å². The zero-order valence-corrected chi connectivity index (χ0v) is 10.1. The number of hydrogen-bond donors (Lipinski definition) is 1. The summed E-state index contributed by atoms with van der Waals surface area (Å²) in [5, 5.41) is 3.05. The number of amides is 1. The Bertz CT molecular complexity index is 169. The van der Waals surface area contributed by atoms with Gasteiger partial charge in [-0.3, -0.25) is 4.79 Å². The van der Waals surface area contributed by atoms with E-state index in [1.54, 1.807) is 0 Å². The van der Waals surface area contributed by atoms with Crippen LogP contribution in [0.25, 0.3) is 0 Å². The van der Waals surface area contributed by atoms with E-state index in [0.29, 0.717) is 18.5 Å². The van der Waals surface area contributed by atoms with E-state index >= 15 is 0 Å². The summed E-state index contributed by atoms with van der Waals surface area (Å²) in [5.74, 6) is 0.819. The maximum atomic E-state index is 11.6. The van der Waals surface area contributed by atoms with Gasteiger partial charge in [0.1, 0.15) is 0 Å². The Labute approximate surface area is 87.9 Å². The van der Waals surface area contributed by atoms with Gasteiger partial charge < -0.3 is 10.2 Å². The fourth-order valence-corrected chi connectivity index (χ4v) is 1.44. The summed E-state index contributed by atoms with van der Waals surface area (Å²) in [7, 11) is 1.88. The van der Waals surface area contributed by atoms with Crippen LogP contribution in [0.15, 0.2) is 0 Å². The van der Waals surface area contributed by atoms with Gasteiger partial charge in [-0.2, -0.15) is 0 Å². The number of hydrogen-bond acceptors (Lipinski definition) is 2. The van der Waals surface area contributed by atoms with Crippen LogP contribution in [0, 0.1) is 5.92 Å². The Morgan fingerprint density at radius 3 is 2.36 bits per heavy atom. The summed E-state index contributed by atoms with van der Waals surface area (Å²) in [6.45, 7) is 9.76. The molecule has 0 fully saturated rings. The number of nitrogens with zero attached hydrogens (tertiary/aromatic N) is 1. The van der Waals surface area contributed by atoms with E-state index in [9.17, 15) is 4.79 Å². The van der Waals surface area contributed by atoms with Gasteiger partial charge in [-0.25, -0.2) is 0 Å². The number of likely N-dealkylation sites (N-methyl/N-ethyl adjacent to an activating group) is 2. The van der Waals surface area contributed by atoms with Crippen LogP contribution in [-0.4, -0.2) is 37.0 Å². The molecule has 0 aromatic rings. The van der Waals surface area contributed by atoms with Crippen LogP contribution >= 0.6 is 0 Å². The zero-order chi connectivity index (χ0) is 11.1. The van der Waals surface area contributed by atoms with Crippen molar-refractivity contribution in [3.8, 4) is 0 Å². The highest BCUT2D eigenvalue weighted by Gasteiger charge is 2.15. The second-order valence-corrected chi connectivity index (χ2v) is 4.26. The van der Waals surface area contributed by atoms with E-state index in [-0.39, 0.29) is 5.91 Å². The number of rotatable bonds is 6. The molecule has 84 valence electrons. The van der Waals surface area contributed by atoms with E-state index in [1.165, 1.54) is 0 Å². The van der Waals surface area contributed by atoms with Crippen LogP contribution in [0.4, 0.5) is 0 Å². The maximum absolute atomic E-state index is 11.6. The average molecular weight is 200 g/mol. The normalized spacial score (nSPS) is 13.0. The molecule has 0 saturated carbocycles. The first-order valence-electron chi connectivity index (χ1n) is 5.45. The Hall–Kier alpha value is -0.570. The minimum atomic E-state index is 0.181. The molecule has 0 aromatic heterocycles. The lowest BCUT2D eigenvalue weighted by Gasteiger charge is -2.26. The van der Waals surface area contributed by atoms with Gasteiger partial charge in [-0.1, -0.05) is 20.8 Å². The molecule has 1 unspecified atom stereocenters. The monoisotopic (exact) mass is 200 g/mol. The van der Waals surface area contributed by atoms with Crippen molar-refractivity contribution in [3.63, 3.8) is 0 Å². The molecule has 0 bridgehead atoms. The van der Waals surface area contributed by atoms with Crippen LogP contribution in [0.2, 0.25) is 0 Å². The van der Waals surface area contributed by atoms with Crippen molar-refractivity contribution in [2.45, 2.75) is 40.2 Å². The summed E-state index contributed by atoms with van der Waals surface area (Å²) in [4.78, 5) is 13.4. The molecule has 1 atom stereocenters. The van der Waals surface area contributed by atoms with Gasteiger partial charge >= 0.3 is 0 Å². The highest BCUT2D eigenvalue weighted by Crippen LogP contribution is 2.09. The summed E-state index contributed by atoms with van der Waals surface area (Å²) in [6, 6.07) is 0.334. The summed E-state index contributed by atoms with van der Waals surface area (Å²) < 4.78 is 0. The molecule has 14 heavy (non-hydrogen) atoms. The fraction of sp³-hybridized carbons (Fsp3) is 0.909. The predicted octanol–water partition coefficient (Wildman–Crippen LogP) is 1.49. The third-order valence-electron chi connectivity index (χ3n) is 2.39. The minimum Gasteiger partial charge on any atom is -0.342 e. The van der Waals surface area contributed by atoms with E-state index in [1.807, 2.05) is 18.9 Å². The van der Waals surface area contributed by atoms with Crippen LogP contribution < -0.4 is 5.32 Å². The van der Waals surface area contributed by atoms with Gasteiger partial charge in [0, 0.05) is 13.1 Å². The molecule has 3 heteroatoms. The standard InChI is InChI=1S/C11H24N2O/c1-6-12-8-11(14)13(5)10(4)7-9(2)3/h9-10,12H,6-8H2,1-5H3. The number of nitrogens with one attached hydrogen (secondary N) is 1. The van der Waals surface area contributed by atoms with Gasteiger partial charge in [0.15, 0.2) is 0 Å². The van der Waals surface area contributed by atoms with Crippen molar-refractivity contribution < 1.29 is 4.79 Å². The molecule has 0 rings (SSSR count). The molecule has 0 aromatic carbocycles. The smallest absolute Gasteiger partial charge is 0.236 e. The van der Waals surface area contributed by atoms with Crippen molar-refractivity contribution in [1.29, 1.82) is 0 Å². The van der Waals surface area contributed by atoms with E-state index in [4.69, 9.17) is 0 Å². The third-order valence-corrected chi connectivity index (χ3v) is 2.39. The predicted molar refractivity (Wildman–Crippen MR) is 60.2 cm³/mol. The first-order chi connectivity index (χ1) is 6.49. The Balaban J connectivity index is 3.90. The highest BCUT2D eigenvalue weighted by atomic mass is 16.2. The van der Waals surface area contributed by atoms with Crippen molar-refractivity contribution in [3.05, 3.63) is 0 Å². The van der Waals surface area contributed by atoms with E-state index in [2.05, 4.69) is 26.1 Å². The first kappa shape index (κ1) is 13.4. The molecule has 0 saturated heterocycles. The molecule has 0 heterocycles. The fourth-order valence-electron chi connectivity index (χ4n) is 1.44. The van der Waals surface area contributed by atoms with Gasteiger partial charge in [0.2, 0.25) is 5.91 Å². The van der Waals surface area contributed by atoms with Crippen LogP contribution in [0.3, 0.4) is 0 Å². The second kappa shape index (κ2) is 6.82. The number of carbonyl (C=O) groups is 1. The third kappa shape index (κ3) is 5.22. The molecule has 0 aliphatic carbocycles. The molecule has 0 radical (unpaired) electrons. The van der Waals surface area contributed by atoms with Crippen molar-refractivity contribution in [1.82, 2.24) is 10.2 Å². The SMILES string of the molecule is CCNCC(=O)N(C)C(C)CC(C)C. The van der Waals surface area contributed by atoms with Gasteiger partial charge in [-0.15, -0.1) is 0 Å². The second-order valence-electron chi connectivity index (χ2n) is 4.26. The van der Waals surface area contributed by atoms with Gasteiger partial charge in [0.25, 0.3) is 0 Å². The van der Waals surface area contributed by atoms with Crippen molar-refractivity contribution in [2.24, 2.45) is 5.92 Å². The highest BCUT2D eigenvalue weighted by molar-refractivity contribution is 5.78. The Kier molecular flexibility index (Phi) is 6.54. The zero-order valence-electron chi connectivity index (χ0n) is 10.1. The topological polar surface area (TPSA) is 32.3 Å². The molecular weight excluding hydrogens is 176 g/mol. The molecule has 0 spiro atoms. The quantitative estimate of drug-likeness (QED) is 0.704.